The van der Waals surface area contributed by atoms with Crippen molar-refractivity contribution in [3.8, 4) is 17.2 Å². The maximum atomic E-state index is 8.83. The topological polar surface area (TPSA) is 60.0 Å². The van der Waals surface area contributed by atoms with Gasteiger partial charge in [-0.2, -0.15) is 0 Å². The van der Waals surface area contributed by atoms with E-state index >= 15 is 0 Å². The molecule has 5 nitrogen and oxygen atoms in total. The Morgan fingerprint density at radius 2 is 2.11 bits per heavy atom. The molecule has 0 fully saturated rings. The van der Waals surface area contributed by atoms with Crippen LogP contribution in [0.15, 0.2) is 12.1 Å². The number of ether oxygens (including phenoxy) is 3. The summed E-state index contributed by atoms with van der Waals surface area (Å²) < 4.78 is 16.2. The lowest BCUT2D eigenvalue weighted by atomic mass is 10.1. The minimum atomic E-state index is -0.00370. The second kappa shape index (κ2) is 6.47. The van der Waals surface area contributed by atoms with Gasteiger partial charge in [0, 0.05) is 18.2 Å². The average molecular weight is 253 g/mol. The van der Waals surface area contributed by atoms with E-state index in [1.54, 1.807) is 0 Å². The molecule has 0 aromatic heterocycles. The smallest absolute Gasteiger partial charge is 0.231 e. The van der Waals surface area contributed by atoms with Crippen LogP contribution in [0.2, 0.25) is 0 Å². The van der Waals surface area contributed by atoms with E-state index in [0.717, 1.165) is 30.0 Å². The normalized spacial score (nSPS) is 12.8. The van der Waals surface area contributed by atoms with Gasteiger partial charge in [-0.25, -0.2) is 0 Å². The van der Waals surface area contributed by atoms with Gasteiger partial charge in [-0.1, -0.05) is 6.92 Å². The number of hydrogen-bond donors (Lipinski definition) is 2. The Kier molecular flexibility index (Phi) is 4.66. The third kappa shape index (κ3) is 3.05. The Hall–Kier alpha value is -1.46. The molecule has 5 heteroatoms. The largest absolute Gasteiger partial charge is 0.491 e. The quantitative estimate of drug-likeness (QED) is 0.717. The van der Waals surface area contributed by atoms with Crippen LogP contribution in [0.1, 0.15) is 18.9 Å². The Morgan fingerprint density at radius 3 is 2.83 bits per heavy atom. The summed E-state index contributed by atoms with van der Waals surface area (Å²) in [5.41, 5.74) is 1.01. The first-order valence-corrected chi connectivity index (χ1v) is 6.22. The van der Waals surface area contributed by atoms with E-state index in [0.29, 0.717) is 12.3 Å². The molecule has 0 saturated heterocycles. The Bertz CT molecular complexity index is 395. The third-order valence-electron chi connectivity index (χ3n) is 2.65. The van der Waals surface area contributed by atoms with Gasteiger partial charge in [0.15, 0.2) is 11.5 Å². The van der Waals surface area contributed by atoms with Crippen molar-refractivity contribution in [1.29, 1.82) is 0 Å². The first-order chi connectivity index (χ1) is 8.85. The summed E-state index contributed by atoms with van der Waals surface area (Å²) in [7, 11) is 0. The molecule has 0 aliphatic carbocycles. The monoisotopic (exact) mass is 253 g/mol. The van der Waals surface area contributed by atoms with Gasteiger partial charge in [0.2, 0.25) is 6.79 Å². The molecule has 2 rings (SSSR count). The second-order valence-corrected chi connectivity index (χ2v) is 4.06. The molecule has 0 atom stereocenters. The van der Waals surface area contributed by atoms with Crippen LogP contribution in [0.3, 0.4) is 0 Å². The zero-order valence-electron chi connectivity index (χ0n) is 10.6. The number of aliphatic hydroxyl groups excluding tert-OH is 1. The lowest BCUT2D eigenvalue weighted by molar-refractivity contribution is 0.173. The lowest BCUT2D eigenvalue weighted by Crippen LogP contribution is -2.15. The summed E-state index contributed by atoms with van der Waals surface area (Å²) in [6, 6.07) is 3.75. The summed E-state index contributed by atoms with van der Waals surface area (Å²) in [5.74, 6) is 2.18. The fourth-order valence-electron chi connectivity index (χ4n) is 1.79. The highest BCUT2D eigenvalue weighted by molar-refractivity contribution is 5.51. The number of fused-ring (bicyclic) bond motifs is 1. The molecule has 1 heterocycles. The van der Waals surface area contributed by atoms with Crippen molar-refractivity contribution in [3.05, 3.63) is 17.7 Å². The predicted molar refractivity (Wildman–Crippen MR) is 67.1 cm³/mol. The first-order valence-electron chi connectivity index (χ1n) is 6.22. The van der Waals surface area contributed by atoms with E-state index < -0.39 is 0 Å². The third-order valence-corrected chi connectivity index (χ3v) is 2.65. The maximum Gasteiger partial charge on any atom is 0.231 e. The van der Waals surface area contributed by atoms with Crippen molar-refractivity contribution < 1.29 is 19.3 Å². The van der Waals surface area contributed by atoms with E-state index in [1.165, 1.54) is 0 Å². The second-order valence-electron chi connectivity index (χ2n) is 4.06. The fraction of sp³-hybridized carbons (Fsp3) is 0.538. The summed E-state index contributed by atoms with van der Waals surface area (Å²) in [5, 5.41) is 12.1. The molecule has 1 aliphatic rings. The van der Waals surface area contributed by atoms with Crippen molar-refractivity contribution in [2.45, 2.75) is 19.9 Å². The summed E-state index contributed by atoms with van der Waals surface area (Å²) in [6.07, 6.45) is 1.08. The van der Waals surface area contributed by atoms with Crippen LogP contribution < -0.4 is 19.5 Å². The molecule has 0 unspecified atom stereocenters. The molecule has 100 valence electrons. The number of hydrogen-bond acceptors (Lipinski definition) is 5. The molecular formula is C13H19NO4. The van der Waals surface area contributed by atoms with E-state index in [1.807, 2.05) is 12.1 Å². The van der Waals surface area contributed by atoms with Crippen LogP contribution in [0, 0.1) is 0 Å². The zero-order valence-corrected chi connectivity index (χ0v) is 10.6. The molecule has 0 bridgehead atoms. The van der Waals surface area contributed by atoms with E-state index in [-0.39, 0.29) is 20.0 Å². The van der Waals surface area contributed by atoms with Gasteiger partial charge in [0.1, 0.15) is 12.4 Å². The molecule has 18 heavy (non-hydrogen) atoms. The summed E-state index contributed by atoms with van der Waals surface area (Å²) in [4.78, 5) is 0. The zero-order chi connectivity index (χ0) is 12.8. The highest BCUT2D eigenvalue weighted by Crippen LogP contribution is 2.38. The van der Waals surface area contributed by atoms with Crippen LogP contribution in [-0.4, -0.2) is 31.7 Å². The Balaban J connectivity index is 2.12. The van der Waals surface area contributed by atoms with Crippen LogP contribution in [0.5, 0.6) is 17.2 Å². The van der Waals surface area contributed by atoms with Gasteiger partial charge in [0.25, 0.3) is 0 Å². The number of benzene rings is 1. The number of nitrogens with one attached hydrogen (secondary N) is 1. The SMILES string of the molecule is CCCNCc1cc2c(cc1OCCO)OCO2. The van der Waals surface area contributed by atoms with Crippen molar-refractivity contribution in [1.82, 2.24) is 5.32 Å². The van der Waals surface area contributed by atoms with Crippen molar-refractivity contribution in [3.63, 3.8) is 0 Å². The molecule has 1 aliphatic heterocycles. The minimum Gasteiger partial charge on any atom is -0.491 e. The van der Waals surface area contributed by atoms with Gasteiger partial charge in [-0.05, 0) is 19.0 Å². The van der Waals surface area contributed by atoms with Crippen molar-refractivity contribution in [2.75, 3.05) is 26.6 Å². The Morgan fingerprint density at radius 1 is 1.33 bits per heavy atom. The average Bonchev–Trinajstić information content (AvgIpc) is 2.83. The van der Waals surface area contributed by atoms with Crippen LogP contribution in [0.4, 0.5) is 0 Å². The maximum absolute atomic E-state index is 8.83. The highest BCUT2D eigenvalue weighted by atomic mass is 16.7. The number of rotatable bonds is 7. The van der Waals surface area contributed by atoms with Crippen LogP contribution in [0.25, 0.3) is 0 Å². The minimum absolute atomic E-state index is 0.00370. The molecular weight excluding hydrogens is 234 g/mol. The predicted octanol–water partition coefficient (Wildman–Crippen LogP) is 1.29. The molecule has 1 aromatic rings. The lowest BCUT2D eigenvalue weighted by Gasteiger charge is -2.12. The van der Waals surface area contributed by atoms with E-state index in [4.69, 9.17) is 19.3 Å². The van der Waals surface area contributed by atoms with E-state index in [9.17, 15) is 0 Å². The van der Waals surface area contributed by atoms with Crippen LogP contribution in [-0.2, 0) is 6.54 Å². The van der Waals surface area contributed by atoms with Gasteiger partial charge < -0.3 is 24.6 Å². The molecule has 0 saturated carbocycles. The molecule has 0 spiro atoms. The summed E-state index contributed by atoms with van der Waals surface area (Å²) >= 11 is 0. The van der Waals surface area contributed by atoms with Crippen molar-refractivity contribution in [2.24, 2.45) is 0 Å². The van der Waals surface area contributed by atoms with Gasteiger partial charge in [-0.3, -0.25) is 0 Å². The molecule has 2 N–H and O–H groups in total. The standard InChI is InChI=1S/C13H19NO4/c1-2-3-14-8-10-6-12-13(18-9-17-12)7-11(10)16-5-4-15/h6-7,14-15H,2-5,8-9H2,1H3. The Labute approximate surface area is 107 Å². The van der Waals surface area contributed by atoms with Gasteiger partial charge >= 0.3 is 0 Å². The van der Waals surface area contributed by atoms with Crippen molar-refractivity contribution >= 4 is 0 Å². The van der Waals surface area contributed by atoms with Crippen LogP contribution >= 0.6 is 0 Å². The summed E-state index contributed by atoms with van der Waals surface area (Å²) in [6.45, 7) is 4.31. The van der Waals surface area contributed by atoms with Gasteiger partial charge in [0.05, 0.1) is 6.61 Å². The van der Waals surface area contributed by atoms with E-state index in [2.05, 4.69) is 12.2 Å². The first kappa shape index (κ1) is 13.0. The molecule has 0 amide bonds. The highest BCUT2D eigenvalue weighted by Gasteiger charge is 2.17. The molecule has 0 radical (unpaired) electrons. The fourth-order valence-corrected chi connectivity index (χ4v) is 1.79. The molecule has 1 aromatic carbocycles. The number of aliphatic hydroxyl groups is 1. The van der Waals surface area contributed by atoms with Gasteiger partial charge in [-0.15, -0.1) is 0 Å².